The molecule has 0 aliphatic heterocycles. The van der Waals surface area contributed by atoms with E-state index in [9.17, 15) is 0 Å². The number of hydrogen-bond acceptors (Lipinski definition) is 0. The van der Waals surface area contributed by atoms with Gasteiger partial charge in [-0.25, -0.2) is 0 Å². The molecule has 105 valence electrons. The Morgan fingerprint density at radius 1 is 0.667 bits per heavy atom. The Labute approximate surface area is 123 Å². The van der Waals surface area contributed by atoms with Crippen LogP contribution in [0.3, 0.4) is 0 Å². The summed E-state index contributed by atoms with van der Waals surface area (Å²) < 4.78 is 0. The molecule has 0 fully saturated rings. The third-order valence-corrected chi connectivity index (χ3v) is 17.1. The summed E-state index contributed by atoms with van der Waals surface area (Å²) in [4.78, 5) is 0. The monoisotopic (exact) mass is 297 g/mol. The molecule has 0 spiro atoms. The first-order chi connectivity index (χ1) is 8.74. The van der Waals surface area contributed by atoms with E-state index >= 15 is 0 Å². The first-order valence-corrected chi connectivity index (χ1v) is 14.3. The second-order valence-electron chi connectivity index (χ2n) is 5.78. The molecule has 0 nitrogen and oxygen atoms in total. The Morgan fingerprint density at radius 3 is 1.22 bits per heavy atom. The molecule has 18 heavy (non-hydrogen) atoms. The Balaban J connectivity index is 4.20. The maximum atomic E-state index is 3.97. The van der Waals surface area contributed by atoms with E-state index in [1.54, 1.807) is 18.1 Å². The molecule has 0 aliphatic rings. The van der Waals surface area contributed by atoms with E-state index in [1.807, 2.05) is 0 Å². The molecule has 0 aliphatic carbocycles. The van der Waals surface area contributed by atoms with Gasteiger partial charge in [-0.1, -0.05) is 96.7 Å². The summed E-state index contributed by atoms with van der Waals surface area (Å²) in [7, 11) is 4.13. The lowest BCUT2D eigenvalue weighted by Gasteiger charge is -2.31. The highest BCUT2D eigenvalue weighted by atomic mass is 29.5. The summed E-state index contributed by atoms with van der Waals surface area (Å²) in [6.45, 7) is 6.98. The van der Waals surface area contributed by atoms with Crippen molar-refractivity contribution in [2.45, 2.75) is 96.7 Å². The average Bonchev–Trinajstić information content (AvgIpc) is 2.39. The first-order valence-electron chi connectivity index (χ1n) is 8.18. The largest absolute Gasteiger partial charge is 0.0654 e. The van der Waals surface area contributed by atoms with Crippen LogP contribution in [0.1, 0.15) is 78.6 Å². The van der Waals surface area contributed by atoms with Crippen LogP contribution in [0.5, 0.6) is 0 Å². The van der Waals surface area contributed by atoms with Crippen molar-refractivity contribution in [1.29, 1.82) is 0 Å². The lowest BCUT2D eigenvalue weighted by molar-refractivity contribution is 0.723. The van der Waals surface area contributed by atoms with Gasteiger partial charge in [-0.05, 0) is 0 Å². The molecule has 0 bridgehead atoms. The molecule has 0 rings (SSSR count). The minimum Gasteiger partial charge on any atom is -0.0654 e. The summed E-state index contributed by atoms with van der Waals surface area (Å²) in [6, 6.07) is 4.78. The SMILES string of the molecule is CCCCC[Si](CCCCC)(CCCCC)[Si][Si]. The highest BCUT2D eigenvalue weighted by Gasteiger charge is 2.28. The van der Waals surface area contributed by atoms with Crippen molar-refractivity contribution in [1.82, 2.24) is 0 Å². The van der Waals surface area contributed by atoms with Crippen LogP contribution in [-0.4, -0.2) is 25.9 Å². The topological polar surface area (TPSA) is 0 Å². The molecule has 0 unspecified atom stereocenters. The minimum atomic E-state index is -0.940. The van der Waals surface area contributed by atoms with Crippen molar-refractivity contribution in [2.24, 2.45) is 0 Å². The maximum absolute atomic E-state index is 3.97. The quantitative estimate of drug-likeness (QED) is 0.320. The number of unbranched alkanes of at least 4 members (excludes halogenated alkanes) is 6. The zero-order valence-corrected chi connectivity index (χ0v) is 16.0. The van der Waals surface area contributed by atoms with Gasteiger partial charge in [0.2, 0.25) is 0 Å². The Bertz CT molecular complexity index is 145. The zero-order chi connectivity index (χ0) is 13.7. The lowest BCUT2D eigenvalue weighted by Crippen LogP contribution is -2.42. The van der Waals surface area contributed by atoms with Gasteiger partial charge in [0.05, 0.1) is 0 Å². The van der Waals surface area contributed by atoms with Crippen molar-refractivity contribution in [3.05, 3.63) is 0 Å². The molecule has 0 aromatic rings. The summed E-state index contributed by atoms with van der Waals surface area (Å²) in [5.41, 5.74) is 0. The van der Waals surface area contributed by atoms with E-state index in [2.05, 4.69) is 30.5 Å². The zero-order valence-electron chi connectivity index (χ0n) is 13.0. The second kappa shape index (κ2) is 12.7. The number of hydrogen-bond donors (Lipinski definition) is 0. The molecule has 3 heteroatoms. The number of rotatable bonds is 13. The van der Waals surface area contributed by atoms with Gasteiger partial charge in [0.1, 0.15) is 0 Å². The van der Waals surface area contributed by atoms with E-state index in [-0.39, 0.29) is 0 Å². The van der Waals surface area contributed by atoms with E-state index in [0.717, 1.165) is 8.55 Å². The summed E-state index contributed by atoms with van der Waals surface area (Å²) in [6.07, 6.45) is 13.0. The molecule has 0 saturated carbocycles. The smallest absolute Gasteiger partial charge is 0.0381 e. The molecule has 0 aromatic carbocycles. The Morgan fingerprint density at radius 2 is 1.00 bits per heavy atom. The van der Waals surface area contributed by atoms with Crippen LogP contribution in [0.25, 0.3) is 0 Å². The van der Waals surface area contributed by atoms with Crippen molar-refractivity contribution in [3.8, 4) is 0 Å². The summed E-state index contributed by atoms with van der Waals surface area (Å²) in [5.74, 6) is 0. The van der Waals surface area contributed by atoms with Gasteiger partial charge < -0.3 is 0 Å². The fraction of sp³-hybridized carbons (Fsp3) is 1.00. The van der Waals surface area contributed by atoms with Gasteiger partial charge in [-0.3, -0.25) is 0 Å². The third kappa shape index (κ3) is 8.70. The minimum absolute atomic E-state index is 0.940. The predicted molar refractivity (Wildman–Crippen MR) is 90.3 cm³/mol. The van der Waals surface area contributed by atoms with Gasteiger partial charge >= 0.3 is 0 Å². The molecule has 5 radical (unpaired) electrons. The van der Waals surface area contributed by atoms with Crippen LogP contribution in [-0.2, 0) is 0 Å². The van der Waals surface area contributed by atoms with Crippen molar-refractivity contribution >= 4 is 25.9 Å². The molecule has 0 aromatic heterocycles. The van der Waals surface area contributed by atoms with Gasteiger partial charge in [0, 0.05) is 25.9 Å². The van der Waals surface area contributed by atoms with Gasteiger partial charge in [-0.15, -0.1) is 0 Å². The predicted octanol–water partition coefficient (Wildman–Crippen LogP) is 5.29. The normalized spacial score (nSPS) is 12.0. The average molecular weight is 298 g/mol. The van der Waals surface area contributed by atoms with Gasteiger partial charge in [0.25, 0.3) is 0 Å². The van der Waals surface area contributed by atoms with Crippen molar-refractivity contribution in [3.63, 3.8) is 0 Å². The van der Waals surface area contributed by atoms with Crippen LogP contribution in [0.4, 0.5) is 0 Å². The van der Waals surface area contributed by atoms with E-state index < -0.39 is 7.59 Å². The first kappa shape index (κ1) is 18.7. The summed E-state index contributed by atoms with van der Waals surface area (Å²) in [5, 5.41) is 0. The highest BCUT2D eigenvalue weighted by molar-refractivity contribution is 7.40. The fourth-order valence-electron chi connectivity index (χ4n) is 2.70. The van der Waals surface area contributed by atoms with E-state index in [4.69, 9.17) is 0 Å². The molecule has 0 atom stereocenters. The van der Waals surface area contributed by atoms with Crippen molar-refractivity contribution < 1.29 is 0 Å². The standard InChI is InChI=1S/C15H33Si3/c1-4-7-10-13-18(17-16,14-11-8-5-2)15-12-9-6-3/h4-15H2,1-3H3. The van der Waals surface area contributed by atoms with E-state index in [0.29, 0.717) is 0 Å². The van der Waals surface area contributed by atoms with Gasteiger partial charge in [-0.2, -0.15) is 0 Å². The van der Waals surface area contributed by atoms with Crippen LogP contribution in [0.2, 0.25) is 18.1 Å². The molecule has 0 saturated heterocycles. The molecular weight excluding hydrogens is 264 g/mol. The molecule has 0 amide bonds. The maximum Gasteiger partial charge on any atom is 0.0381 e. The second-order valence-corrected chi connectivity index (χ2v) is 16.3. The highest BCUT2D eigenvalue weighted by Crippen LogP contribution is 2.27. The molecular formula is C15H33Si3. The van der Waals surface area contributed by atoms with Crippen molar-refractivity contribution in [2.75, 3.05) is 0 Å². The molecule has 0 N–H and O–H groups in total. The third-order valence-electron chi connectivity index (χ3n) is 4.04. The van der Waals surface area contributed by atoms with Gasteiger partial charge in [0.15, 0.2) is 0 Å². The lowest BCUT2D eigenvalue weighted by atomic mass is 10.3. The Hall–Kier alpha value is 0.651. The van der Waals surface area contributed by atoms with Crippen LogP contribution >= 0.6 is 0 Å². The Kier molecular flexibility index (Phi) is 13.1. The summed E-state index contributed by atoms with van der Waals surface area (Å²) >= 11 is 0. The van der Waals surface area contributed by atoms with Crippen LogP contribution in [0.15, 0.2) is 0 Å². The fourth-order valence-corrected chi connectivity index (χ4v) is 12.7. The molecule has 0 heterocycles. The van der Waals surface area contributed by atoms with Crippen LogP contribution < -0.4 is 0 Å². The van der Waals surface area contributed by atoms with Crippen LogP contribution in [0, 0.1) is 0 Å². The van der Waals surface area contributed by atoms with E-state index in [1.165, 1.54) is 57.8 Å².